The maximum absolute atomic E-state index is 13.2. The Morgan fingerprint density at radius 2 is 1.77 bits per heavy atom. The zero-order valence-corrected chi connectivity index (χ0v) is 18.9. The number of nitrogens with one attached hydrogen (secondary N) is 1. The lowest BCUT2D eigenvalue weighted by Crippen LogP contribution is -2.43. The fourth-order valence-corrected chi connectivity index (χ4v) is 4.04. The van der Waals surface area contributed by atoms with Gasteiger partial charge in [-0.15, -0.1) is 0 Å². The van der Waals surface area contributed by atoms with Crippen molar-refractivity contribution in [2.24, 2.45) is 11.8 Å². The van der Waals surface area contributed by atoms with Crippen LogP contribution in [0.15, 0.2) is 54.6 Å². The first-order chi connectivity index (χ1) is 14.7. The quantitative estimate of drug-likeness (QED) is 0.702. The first kappa shape index (κ1) is 23.0. The summed E-state index contributed by atoms with van der Waals surface area (Å²) < 4.78 is 11.3. The molecule has 0 spiro atoms. The van der Waals surface area contributed by atoms with E-state index in [0.717, 1.165) is 24.0 Å². The Morgan fingerprint density at radius 3 is 2.42 bits per heavy atom. The van der Waals surface area contributed by atoms with E-state index in [2.05, 4.69) is 36.5 Å². The van der Waals surface area contributed by atoms with Gasteiger partial charge >= 0.3 is 6.09 Å². The molecule has 1 fully saturated rings. The molecule has 2 aromatic rings. The molecule has 5 nitrogen and oxygen atoms in total. The van der Waals surface area contributed by atoms with Crippen LogP contribution in [0.25, 0.3) is 0 Å². The van der Waals surface area contributed by atoms with Crippen LogP contribution in [0.4, 0.5) is 4.79 Å². The SMILES string of the molecule is Cc1ccc(C2CC(C(Cc3ccccc3)C(=O)NC(=O)OC(C)(C)C)CCO2)cc1. The Labute approximate surface area is 185 Å². The molecule has 2 amide bonds. The highest BCUT2D eigenvalue weighted by Gasteiger charge is 2.35. The fraction of sp³-hybridized carbons (Fsp3) is 0.462. The zero-order valence-electron chi connectivity index (χ0n) is 18.9. The lowest BCUT2D eigenvalue weighted by Gasteiger charge is -2.34. The second-order valence-electron chi connectivity index (χ2n) is 9.34. The van der Waals surface area contributed by atoms with E-state index in [0.29, 0.717) is 13.0 Å². The highest BCUT2D eigenvalue weighted by atomic mass is 16.6. The van der Waals surface area contributed by atoms with Crippen molar-refractivity contribution in [2.45, 2.75) is 58.7 Å². The molecule has 1 aliphatic heterocycles. The van der Waals surface area contributed by atoms with E-state index in [1.54, 1.807) is 20.8 Å². The Morgan fingerprint density at radius 1 is 1.10 bits per heavy atom. The number of aryl methyl sites for hydroxylation is 1. The van der Waals surface area contributed by atoms with Crippen LogP contribution in [0, 0.1) is 18.8 Å². The Bertz CT molecular complexity index is 871. The lowest BCUT2D eigenvalue weighted by molar-refractivity contribution is -0.128. The van der Waals surface area contributed by atoms with E-state index in [1.165, 1.54) is 5.56 Å². The van der Waals surface area contributed by atoms with E-state index in [-0.39, 0.29) is 23.8 Å². The van der Waals surface area contributed by atoms with Gasteiger partial charge in [-0.3, -0.25) is 10.1 Å². The number of hydrogen-bond acceptors (Lipinski definition) is 4. The summed E-state index contributed by atoms with van der Waals surface area (Å²) in [5.41, 5.74) is 2.75. The molecular weight excluding hydrogens is 390 g/mol. The Kier molecular flexibility index (Phi) is 7.50. The standard InChI is InChI=1S/C26H33NO4/c1-18-10-12-20(13-11-18)23-17-21(14-15-30-23)22(16-19-8-6-5-7-9-19)24(28)27-25(29)31-26(2,3)4/h5-13,21-23H,14-17H2,1-4H3,(H,27,28,29). The van der Waals surface area contributed by atoms with Crippen LogP contribution >= 0.6 is 0 Å². The van der Waals surface area contributed by atoms with Crippen LogP contribution in [-0.2, 0) is 20.7 Å². The van der Waals surface area contributed by atoms with Gasteiger partial charge in [0.15, 0.2) is 0 Å². The average Bonchev–Trinajstić information content (AvgIpc) is 2.72. The number of rotatable bonds is 5. The maximum Gasteiger partial charge on any atom is 0.414 e. The third kappa shape index (κ3) is 6.93. The predicted molar refractivity (Wildman–Crippen MR) is 121 cm³/mol. The molecular formula is C26H33NO4. The van der Waals surface area contributed by atoms with Crippen LogP contribution in [-0.4, -0.2) is 24.2 Å². The van der Waals surface area contributed by atoms with E-state index in [4.69, 9.17) is 9.47 Å². The van der Waals surface area contributed by atoms with Gasteiger partial charge in [0.25, 0.3) is 0 Å². The van der Waals surface area contributed by atoms with Crippen LogP contribution < -0.4 is 5.32 Å². The van der Waals surface area contributed by atoms with Crippen LogP contribution in [0.1, 0.15) is 56.4 Å². The van der Waals surface area contributed by atoms with Gasteiger partial charge in [-0.1, -0.05) is 60.2 Å². The van der Waals surface area contributed by atoms with Crippen molar-refractivity contribution in [3.05, 3.63) is 71.3 Å². The third-order valence-electron chi connectivity index (χ3n) is 5.60. The molecule has 1 N–H and O–H groups in total. The molecule has 0 radical (unpaired) electrons. The molecule has 1 saturated heterocycles. The van der Waals surface area contributed by atoms with Gasteiger partial charge in [0.05, 0.1) is 6.10 Å². The first-order valence-corrected chi connectivity index (χ1v) is 11.0. The number of amides is 2. The second kappa shape index (κ2) is 10.1. The van der Waals surface area contributed by atoms with E-state index < -0.39 is 11.7 Å². The highest BCUT2D eigenvalue weighted by molar-refractivity contribution is 5.93. The largest absolute Gasteiger partial charge is 0.444 e. The third-order valence-corrected chi connectivity index (χ3v) is 5.60. The molecule has 1 aliphatic rings. The van der Waals surface area contributed by atoms with Crippen molar-refractivity contribution in [3.8, 4) is 0 Å². The van der Waals surface area contributed by atoms with Crippen molar-refractivity contribution in [2.75, 3.05) is 6.61 Å². The molecule has 166 valence electrons. The summed E-state index contributed by atoms with van der Waals surface area (Å²) in [6, 6.07) is 18.3. The van der Waals surface area contributed by atoms with Crippen LogP contribution in [0.2, 0.25) is 0 Å². The molecule has 2 aromatic carbocycles. The van der Waals surface area contributed by atoms with Gasteiger partial charge in [-0.25, -0.2) is 4.79 Å². The summed E-state index contributed by atoms with van der Waals surface area (Å²) in [6.45, 7) is 7.99. The lowest BCUT2D eigenvalue weighted by atomic mass is 9.78. The molecule has 5 heteroatoms. The van der Waals surface area contributed by atoms with Gasteiger partial charge in [0.2, 0.25) is 5.91 Å². The zero-order chi connectivity index (χ0) is 22.4. The van der Waals surface area contributed by atoms with Crippen molar-refractivity contribution < 1.29 is 19.1 Å². The molecule has 0 aliphatic carbocycles. The molecule has 0 aromatic heterocycles. The Balaban J connectivity index is 1.77. The number of ether oxygens (including phenoxy) is 2. The van der Waals surface area contributed by atoms with Gasteiger partial charge in [0.1, 0.15) is 5.60 Å². The smallest absolute Gasteiger partial charge is 0.414 e. The van der Waals surface area contributed by atoms with Gasteiger partial charge < -0.3 is 9.47 Å². The highest BCUT2D eigenvalue weighted by Crippen LogP contribution is 2.37. The number of carbonyl (C=O) groups excluding carboxylic acids is 2. The first-order valence-electron chi connectivity index (χ1n) is 11.0. The minimum absolute atomic E-state index is 0.0491. The summed E-state index contributed by atoms with van der Waals surface area (Å²) in [7, 11) is 0. The number of imide groups is 1. The summed E-state index contributed by atoms with van der Waals surface area (Å²) in [6.07, 6.45) is 1.34. The normalized spacial score (nSPS) is 20.0. The minimum atomic E-state index is -0.697. The van der Waals surface area contributed by atoms with Gasteiger partial charge in [0, 0.05) is 12.5 Å². The molecule has 31 heavy (non-hydrogen) atoms. The van der Waals surface area contributed by atoms with Crippen molar-refractivity contribution >= 4 is 12.0 Å². The number of hydrogen-bond donors (Lipinski definition) is 1. The number of alkyl carbamates (subject to hydrolysis) is 1. The number of carbonyl (C=O) groups is 2. The second-order valence-corrected chi connectivity index (χ2v) is 9.34. The van der Waals surface area contributed by atoms with Crippen LogP contribution in [0.5, 0.6) is 0 Å². The molecule has 1 heterocycles. The molecule has 3 unspecified atom stereocenters. The van der Waals surface area contributed by atoms with Crippen molar-refractivity contribution in [1.82, 2.24) is 5.32 Å². The topological polar surface area (TPSA) is 64.6 Å². The summed E-state index contributed by atoms with van der Waals surface area (Å²) in [4.78, 5) is 25.4. The minimum Gasteiger partial charge on any atom is -0.444 e. The summed E-state index contributed by atoms with van der Waals surface area (Å²) in [5, 5.41) is 2.48. The molecule has 0 saturated carbocycles. The summed E-state index contributed by atoms with van der Waals surface area (Å²) in [5.74, 6) is -0.526. The van der Waals surface area contributed by atoms with E-state index >= 15 is 0 Å². The average molecular weight is 424 g/mol. The fourth-order valence-electron chi connectivity index (χ4n) is 4.04. The monoisotopic (exact) mass is 423 g/mol. The summed E-state index contributed by atoms with van der Waals surface area (Å²) >= 11 is 0. The molecule has 3 rings (SSSR count). The van der Waals surface area contributed by atoms with Gasteiger partial charge in [-0.2, -0.15) is 0 Å². The maximum atomic E-state index is 13.2. The van der Waals surface area contributed by atoms with Crippen molar-refractivity contribution in [1.29, 1.82) is 0 Å². The van der Waals surface area contributed by atoms with E-state index in [1.807, 2.05) is 30.3 Å². The predicted octanol–water partition coefficient (Wildman–Crippen LogP) is 5.37. The van der Waals surface area contributed by atoms with Crippen molar-refractivity contribution in [3.63, 3.8) is 0 Å². The molecule has 3 atom stereocenters. The van der Waals surface area contributed by atoms with E-state index in [9.17, 15) is 9.59 Å². The Hall–Kier alpha value is -2.66. The van der Waals surface area contributed by atoms with Gasteiger partial charge in [-0.05, 0) is 64.0 Å². The molecule has 0 bridgehead atoms. The number of benzene rings is 2. The van der Waals surface area contributed by atoms with Crippen LogP contribution in [0.3, 0.4) is 0 Å².